The Labute approximate surface area is 373 Å². The highest BCUT2D eigenvalue weighted by Crippen LogP contribution is 2.38. The van der Waals surface area contributed by atoms with Crippen LogP contribution in [0.5, 0.6) is 0 Å². The summed E-state index contributed by atoms with van der Waals surface area (Å²) >= 11 is 1.27. The monoisotopic (exact) mass is 887 g/mol. The van der Waals surface area contributed by atoms with Gasteiger partial charge in [0.1, 0.15) is 5.82 Å². The molecule has 0 spiro atoms. The van der Waals surface area contributed by atoms with Gasteiger partial charge in [0.05, 0.1) is 42.9 Å². The van der Waals surface area contributed by atoms with Gasteiger partial charge in [0, 0.05) is 72.9 Å². The van der Waals surface area contributed by atoms with Crippen LogP contribution in [-0.4, -0.2) is 108 Å². The third-order valence-electron chi connectivity index (χ3n) is 13.7. The fourth-order valence-electron chi connectivity index (χ4n) is 10.0. The maximum atomic E-state index is 16.0. The predicted molar refractivity (Wildman–Crippen MR) is 235 cm³/mol. The van der Waals surface area contributed by atoms with Crippen LogP contribution in [0.3, 0.4) is 0 Å². The lowest BCUT2D eigenvalue weighted by Crippen LogP contribution is -2.45. The summed E-state index contributed by atoms with van der Waals surface area (Å²) in [5, 5.41) is 15.3. The normalized spacial score (nSPS) is 20.0. The Balaban J connectivity index is 0.717. The number of rotatable bonds is 12. The SMILES string of the molecule is O=C1CC[C@H](CNc2ccc(C3CCN(CC(=O)N4CCC(c5cnn(-c6cc(F)c7c(c6)C(=O)N(C(C(=O)Nc6nccs6)c6ncn8c6CCC8)C7)c5)CC4)CC3)cc2)C(=O)N1. The number of anilines is 2. The van der Waals surface area contributed by atoms with Gasteiger partial charge < -0.3 is 19.7 Å². The number of carbonyl (C=O) groups excluding carboxylic acids is 5. The molecule has 0 aliphatic carbocycles. The van der Waals surface area contributed by atoms with Crippen molar-refractivity contribution < 1.29 is 28.4 Å². The lowest BCUT2D eigenvalue weighted by molar-refractivity contribution is -0.136. The highest BCUT2D eigenvalue weighted by atomic mass is 32.1. The molecule has 5 amide bonds. The minimum absolute atomic E-state index is 0.0762. The van der Waals surface area contributed by atoms with Crippen LogP contribution in [0.1, 0.15) is 101 Å². The minimum Gasteiger partial charge on any atom is -0.384 e. The molecule has 3 saturated heterocycles. The second-order valence-electron chi connectivity index (χ2n) is 17.6. The molecule has 10 rings (SSSR count). The number of thiazole rings is 1. The summed E-state index contributed by atoms with van der Waals surface area (Å²) < 4.78 is 19.6. The molecule has 16 nitrogen and oxygen atoms in total. The van der Waals surface area contributed by atoms with Crippen LogP contribution in [0.15, 0.2) is 66.7 Å². The molecule has 18 heteroatoms. The first-order valence-electron chi connectivity index (χ1n) is 22.3. The number of piperidine rings is 3. The number of hydrogen-bond acceptors (Lipinski definition) is 11. The number of imide groups is 1. The summed E-state index contributed by atoms with van der Waals surface area (Å²) in [6, 6.07) is 10.3. The number of imidazole rings is 1. The summed E-state index contributed by atoms with van der Waals surface area (Å²) in [7, 11) is 0. The van der Waals surface area contributed by atoms with E-state index < -0.39 is 23.7 Å². The van der Waals surface area contributed by atoms with Crippen molar-refractivity contribution in [3.05, 3.63) is 106 Å². The van der Waals surface area contributed by atoms with E-state index >= 15 is 4.39 Å². The Morgan fingerprint density at radius 1 is 0.922 bits per heavy atom. The lowest BCUT2D eigenvalue weighted by atomic mass is 9.89. The molecule has 64 heavy (non-hydrogen) atoms. The van der Waals surface area contributed by atoms with Gasteiger partial charge in [-0.3, -0.25) is 39.5 Å². The highest BCUT2D eigenvalue weighted by molar-refractivity contribution is 7.13. The number of likely N-dealkylation sites (tertiary alicyclic amines) is 2. The van der Waals surface area contributed by atoms with Crippen molar-refractivity contribution in [3.8, 4) is 5.69 Å². The molecule has 2 atom stereocenters. The number of benzene rings is 2. The molecule has 3 aromatic heterocycles. The van der Waals surface area contributed by atoms with Gasteiger partial charge in [-0.2, -0.15) is 5.10 Å². The Hall–Kier alpha value is -6.27. The number of fused-ring (bicyclic) bond motifs is 2. The molecule has 2 aromatic carbocycles. The van der Waals surface area contributed by atoms with Gasteiger partial charge in [0.15, 0.2) is 11.2 Å². The van der Waals surface area contributed by atoms with Gasteiger partial charge in [0.25, 0.3) is 11.8 Å². The van der Waals surface area contributed by atoms with Gasteiger partial charge in [-0.1, -0.05) is 12.1 Å². The zero-order valence-electron chi connectivity index (χ0n) is 35.4. The van der Waals surface area contributed by atoms with Gasteiger partial charge in [-0.15, -0.1) is 11.3 Å². The van der Waals surface area contributed by atoms with Gasteiger partial charge >= 0.3 is 0 Å². The first kappa shape index (κ1) is 41.7. The Morgan fingerprint density at radius 3 is 2.47 bits per heavy atom. The Morgan fingerprint density at radius 2 is 1.70 bits per heavy atom. The van der Waals surface area contributed by atoms with E-state index in [0.717, 1.165) is 75.1 Å². The summed E-state index contributed by atoms with van der Waals surface area (Å²) in [6.45, 7) is 4.59. The van der Waals surface area contributed by atoms with Gasteiger partial charge in [0.2, 0.25) is 17.7 Å². The number of nitrogens with one attached hydrogen (secondary N) is 3. The maximum Gasteiger partial charge on any atom is 0.255 e. The molecule has 0 radical (unpaired) electrons. The smallest absolute Gasteiger partial charge is 0.255 e. The predicted octanol–water partition coefficient (Wildman–Crippen LogP) is 5.00. The molecule has 0 saturated carbocycles. The van der Waals surface area contributed by atoms with Crippen molar-refractivity contribution in [1.29, 1.82) is 0 Å². The van der Waals surface area contributed by atoms with E-state index in [1.54, 1.807) is 34.8 Å². The second-order valence-corrected chi connectivity index (χ2v) is 18.5. The first-order valence-corrected chi connectivity index (χ1v) is 23.1. The average molecular weight is 888 g/mol. The first-order chi connectivity index (χ1) is 31.1. The van der Waals surface area contributed by atoms with E-state index in [9.17, 15) is 24.0 Å². The minimum atomic E-state index is -1.07. The van der Waals surface area contributed by atoms with Gasteiger partial charge in [-0.05, 0) is 105 Å². The van der Waals surface area contributed by atoms with Crippen LogP contribution >= 0.6 is 11.3 Å². The Kier molecular flexibility index (Phi) is 11.5. The quantitative estimate of drug-likeness (QED) is 0.145. The van der Waals surface area contributed by atoms with E-state index in [2.05, 4.69) is 48.0 Å². The molecule has 5 aromatic rings. The molecule has 3 N–H and O–H groups in total. The zero-order valence-corrected chi connectivity index (χ0v) is 36.2. The number of nitrogens with zero attached hydrogens (tertiary/aromatic N) is 8. The van der Waals surface area contributed by atoms with E-state index in [-0.39, 0.29) is 47.2 Å². The lowest BCUT2D eigenvalue weighted by Gasteiger charge is -2.35. The van der Waals surface area contributed by atoms with Crippen molar-refractivity contribution >= 4 is 51.7 Å². The van der Waals surface area contributed by atoms with Crippen molar-refractivity contribution in [3.63, 3.8) is 0 Å². The topological polar surface area (TPSA) is 180 Å². The van der Waals surface area contributed by atoms with Crippen molar-refractivity contribution in [1.82, 2.24) is 44.3 Å². The number of carbonyl (C=O) groups is 5. The zero-order chi connectivity index (χ0) is 43.9. The molecule has 332 valence electrons. The van der Waals surface area contributed by atoms with Crippen LogP contribution in [0.4, 0.5) is 15.2 Å². The number of hydrogen-bond donors (Lipinski definition) is 3. The van der Waals surface area contributed by atoms with Crippen molar-refractivity contribution in [2.75, 3.05) is 49.9 Å². The van der Waals surface area contributed by atoms with Crippen LogP contribution in [0, 0.1) is 11.7 Å². The van der Waals surface area contributed by atoms with E-state index in [1.165, 1.54) is 27.9 Å². The van der Waals surface area contributed by atoms with Crippen LogP contribution in [0.25, 0.3) is 5.69 Å². The molecule has 8 heterocycles. The summed E-state index contributed by atoms with van der Waals surface area (Å²) in [6.07, 6.45) is 13.1. The Bertz CT molecular complexity index is 2580. The molecule has 0 bridgehead atoms. The molecular formula is C46H50FN11O5S. The summed E-state index contributed by atoms with van der Waals surface area (Å²) in [4.78, 5) is 79.4. The molecule has 5 aliphatic heterocycles. The largest absolute Gasteiger partial charge is 0.384 e. The molecule has 3 fully saturated rings. The van der Waals surface area contributed by atoms with E-state index in [4.69, 9.17) is 0 Å². The van der Waals surface area contributed by atoms with Gasteiger partial charge in [-0.25, -0.2) is 19.0 Å². The number of aryl methyl sites for hydroxylation is 1. The molecule has 5 aliphatic rings. The molecular weight excluding hydrogens is 838 g/mol. The number of halogens is 1. The summed E-state index contributed by atoms with van der Waals surface area (Å²) in [5.74, 6) is -1.33. The average Bonchev–Trinajstić information content (AvgIpc) is 4.17. The highest BCUT2D eigenvalue weighted by Gasteiger charge is 2.42. The second kappa shape index (κ2) is 17.7. The van der Waals surface area contributed by atoms with E-state index in [1.807, 2.05) is 27.8 Å². The fraction of sp³-hybridized carbons (Fsp3) is 0.435. The van der Waals surface area contributed by atoms with Crippen LogP contribution < -0.4 is 16.0 Å². The summed E-state index contributed by atoms with van der Waals surface area (Å²) in [5.41, 5.74) is 5.46. The fourth-order valence-corrected chi connectivity index (χ4v) is 10.6. The molecule has 1 unspecified atom stereocenters. The van der Waals surface area contributed by atoms with Crippen LogP contribution in [0.2, 0.25) is 0 Å². The van der Waals surface area contributed by atoms with Crippen molar-refractivity contribution in [2.45, 2.75) is 82.3 Å². The third kappa shape index (κ3) is 8.43. The standard InChI is InChI=1S/C46H50FN11O5S/c47-37-21-34(20-35-36(37)25-57(45(35)63)42(44(62)53-46-48-13-19-64-46)41-38-2-1-14-56(38)27-50-41)58-24-32(23-51-58)30-11-17-55(18-12-30)40(60)26-54-15-9-29(10-16-54)28-3-6-33(7-4-28)49-22-31-5-8-39(59)52-43(31)61/h3-4,6-7,13,19-21,23-24,27,29-31,42,49H,1-2,5,8-12,14-18,22,25-26H2,(H,48,53,62)(H,52,59,61)/t31-,42?/m1/s1. The number of aromatic nitrogens is 5. The van der Waals surface area contributed by atoms with Crippen LogP contribution in [-0.2, 0) is 38.7 Å². The van der Waals surface area contributed by atoms with E-state index in [0.29, 0.717) is 61.5 Å². The third-order valence-corrected chi connectivity index (χ3v) is 14.4. The number of amides is 5. The maximum absolute atomic E-state index is 16.0. The van der Waals surface area contributed by atoms with Crippen molar-refractivity contribution in [2.24, 2.45) is 5.92 Å².